The molecule has 2 aromatic rings. The second-order valence-electron chi connectivity index (χ2n) is 4.56. The van der Waals surface area contributed by atoms with Crippen molar-refractivity contribution in [3.63, 3.8) is 0 Å². The first-order valence-corrected chi connectivity index (χ1v) is 6.24. The summed E-state index contributed by atoms with van der Waals surface area (Å²) in [5.41, 5.74) is 2.98. The fourth-order valence-electron chi connectivity index (χ4n) is 1.90. The van der Waals surface area contributed by atoms with E-state index >= 15 is 0 Å². The Morgan fingerprint density at radius 3 is 2.05 bits per heavy atom. The first-order chi connectivity index (χ1) is 9.97. The van der Waals surface area contributed by atoms with Gasteiger partial charge in [0.25, 0.3) is 5.69 Å². The molecule has 2 aromatic carbocycles. The van der Waals surface area contributed by atoms with E-state index in [2.05, 4.69) is 0 Å². The Bertz CT molecular complexity index is 700. The van der Waals surface area contributed by atoms with Crippen LogP contribution in [0.15, 0.2) is 48.5 Å². The van der Waals surface area contributed by atoms with Gasteiger partial charge in [-0.1, -0.05) is 18.2 Å². The maximum atomic E-state index is 10.8. The summed E-state index contributed by atoms with van der Waals surface area (Å²) >= 11 is 0. The van der Waals surface area contributed by atoms with Crippen LogP contribution in [0.1, 0.15) is 28.4 Å². The van der Waals surface area contributed by atoms with E-state index in [1.807, 2.05) is 13.0 Å². The summed E-state index contributed by atoms with van der Waals surface area (Å²) in [5, 5.41) is 19.4. The molecule has 0 saturated heterocycles. The van der Waals surface area contributed by atoms with Gasteiger partial charge in [0.2, 0.25) is 0 Å². The van der Waals surface area contributed by atoms with Gasteiger partial charge in [0, 0.05) is 12.1 Å². The Kier molecular flexibility index (Phi) is 4.13. The number of nitro benzene ring substituents is 1. The molecule has 5 heteroatoms. The zero-order valence-corrected chi connectivity index (χ0v) is 11.3. The molecule has 0 bridgehead atoms. The second kappa shape index (κ2) is 6.00. The Morgan fingerprint density at radius 1 is 1.05 bits per heavy atom. The third-order valence-electron chi connectivity index (χ3n) is 3.07. The number of allylic oxidation sites excluding steroid dienone is 1. The molecule has 0 aliphatic carbocycles. The van der Waals surface area contributed by atoms with E-state index in [0.29, 0.717) is 0 Å². The highest BCUT2D eigenvalue weighted by Gasteiger charge is 2.04. The molecule has 0 heterocycles. The summed E-state index contributed by atoms with van der Waals surface area (Å²) in [6.07, 6.45) is 1.89. The van der Waals surface area contributed by atoms with Crippen molar-refractivity contribution in [3.05, 3.63) is 75.3 Å². The number of nitro groups is 1. The minimum atomic E-state index is -0.960. The molecule has 5 nitrogen and oxygen atoms in total. The standard InChI is InChI=1S/C16H13NO4/c1-11(13-4-6-14(7-5-13)16(18)19)10-12-2-8-15(9-3-12)17(20)21/h2-10H,1H3,(H,18,19)/b11-10+. The largest absolute Gasteiger partial charge is 0.478 e. The fourth-order valence-corrected chi connectivity index (χ4v) is 1.90. The van der Waals surface area contributed by atoms with Gasteiger partial charge in [-0.25, -0.2) is 4.79 Å². The van der Waals surface area contributed by atoms with Crippen LogP contribution in [0.4, 0.5) is 5.69 Å². The highest BCUT2D eigenvalue weighted by atomic mass is 16.6. The van der Waals surface area contributed by atoms with Crippen LogP contribution >= 0.6 is 0 Å². The molecule has 0 unspecified atom stereocenters. The van der Waals surface area contributed by atoms with Gasteiger partial charge in [0.05, 0.1) is 10.5 Å². The van der Waals surface area contributed by atoms with Crippen molar-refractivity contribution in [1.29, 1.82) is 0 Å². The van der Waals surface area contributed by atoms with Crippen LogP contribution in [-0.2, 0) is 0 Å². The van der Waals surface area contributed by atoms with Crippen LogP contribution in [0.2, 0.25) is 0 Å². The van der Waals surface area contributed by atoms with Crippen LogP contribution < -0.4 is 0 Å². The van der Waals surface area contributed by atoms with Crippen molar-refractivity contribution in [2.24, 2.45) is 0 Å². The first kappa shape index (κ1) is 14.5. The topological polar surface area (TPSA) is 80.4 Å². The van der Waals surface area contributed by atoms with Gasteiger partial charge in [-0.15, -0.1) is 0 Å². The molecular weight excluding hydrogens is 270 g/mol. The van der Waals surface area contributed by atoms with Gasteiger partial charge < -0.3 is 5.11 Å². The lowest BCUT2D eigenvalue weighted by Crippen LogP contribution is -1.95. The molecule has 0 spiro atoms. The molecule has 106 valence electrons. The van der Waals surface area contributed by atoms with Crippen molar-refractivity contribution in [1.82, 2.24) is 0 Å². The first-order valence-electron chi connectivity index (χ1n) is 6.24. The van der Waals surface area contributed by atoms with Crippen LogP contribution in [0, 0.1) is 10.1 Å². The highest BCUT2D eigenvalue weighted by Crippen LogP contribution is 2.20. The summed E-state index contributed by atoms with van der Waals surface area (Å²) in [6.45, 7) is 1.90. The van der Waals surface area contributed by atoms with E-state index in [-0.39, 0.29) is 11.3 Å². The lowest BCUT2D eigenvalue weighted by Gasteiger charge is -2.03. The van der Waals surface area contributed by atoms with E-state index in [9.17, 15) is 14.9 Å². The molecule has 0 radical (unpaired) electrons. The number of carboxylic acids is 1. The molecule has 2 rings (SSSR count). The summed E-state index contributed by atoms with van der Waals surface area (Å²) in [5.74, 6) is -0.960. The predicted molar refractivity (Wildman–Crippen MR) is 80.0 cm³/mol. The van der Waals surface area contributed by atoms with Crippen molar-refractivity contribution in [3.8, 4) is 0 Å². The van der Waals surface area contributed by atoms with Crippen LogP contribution in [0.25, 0.3) is 11.6 Å². The van der Waals surface area contributed by atoms with Crippen LogP contribution in [0.3, 0.4) is 0 Å². The van der Waals surface area contributed by atoms with Crippen molar-refractivity contribution >= 4 is 23.3 Å². The Balaban J connectivity index is 2.23. The minimum absolute atomic E-state index is 0.0515. The van der Waals surface area contributed by atoms with Crippen LogP contribution in [-0.4, -0.2) is 16.0 Å². The summed E-state index contributed by atoms with van der Waals surface area (Å²) in [4.78, 5) is 20.9. The van der Waals surface area contributed by atoms with E-state index in [4.69, 9.17) is 5.11 Å². The number of rotatable bonds is 4. The SMILES string of the molecule is C/C(=C\c1ccc([N+](=O)[O-])cc1)c1ccc(C(=O)O)cc1. The maximum Gasteiger partial charge on any atom is 0.335 e. The summed E-state index contributed by atoms with van der Waals surface area (Å²) < 4.78 is 0. The molecule has 0 fully saturated rings. The molecule has 1 N–H and O–H groups in total. The van der Waals surface area contributed by atoms with Gasteiger partial charge in [-0.2, -0.15) is 0 Å². The van der Waals surface area contributed by atoms with E-state index < -0.39 is 10.9 Å². The summed E-state index contributed by atoms with van der Waals surface area (Å²) in [7, 11) is 0. The number of carbonyl (C=O) groups is 1. The second-order valence-corrected chi connectivity index (χ2v) is 4.56. The number of hydrogen-bond donors (Lipinski definition) is 1. The smallest absolute Gasteiger partial charge is 0.335 e. The van der Waals surface area contributed by atoms with Gasteiger partial charge in [-0.05, 0) is 47.9 Å². The molecule has 0 aromatic heterocycles. The highest BCUT2D eigenvalue weighted by molar-refractivity contribution is 5.88. The van der Waals surface area contributed by atoms with Gasteiger partial charge in [0.1, 0.15) is 0 Å². The van der Waals surface area contributed by atoms with E-state index in [0.717, 1.165) is 16.7 Å². The third kappa shape index (κ3) is 3.54. The molecule has 0 amide bonds. The molecule has 0 atom stereocenters. The number of hydrogen-bond acceptors (Lipinski definition) is 3. The van der Waals surface area contributed by atoms with Gasteiger partial charge >= 0.3 is 5.97 Å². The molecule has 21 heavy (non-hydrogen) atoms. The summed E-state index contributed by atoms with van der Waals surface area (Å²) in [6, 6.07) is 12.8. The Hall–Kier alpha value is -2.95. The predicted octanol–water partition coefficient (Wildman–Crippen LogP) is 3.85. The van der Waals surface area contributed by atoms with Crippen LogP contribution in [0.5, 0.6) is 0 Å². The molecule has 0 aliphatic heterocycles. The number of aromatic carboxylic acids is 1. The number of carboxylic acid groups (broad SMARTS) is 1. The number of nitrogens with zero attached hydrogens (tertiary/aromatic N) is 1. The van der Waals surface area contributed by atoms with Crippen molar-refractivity contribution in [2.45, 2.75) is 6.92 Å². The maximum absolute atomic E-state index is 10.8. The van der Waals surface area contributed by atoms with Crippen molar-refractivity contribution in [2.75, 3.05) is 0 Å². The van der Waals surface area contributed by atoms with Crippen molar-refractivity contribution < 1.29 is 14.8 Å². The zero-order chi connectivity index (χ0) is 15.4. The quantitative estimate of drug-likeness (QED) is 0.525. The molecular formula is C16H13NO4. The Labute approximate surface area is 121 Å². The van der Waals surface area contributed by atoms with Gasteiger partial charge in [-0.3, -0.25) is 10.1 Å². The fraction of sp³-hybridized carbons (Fsp3) is 0.0625. The average Bonchev–Trinajstić information content (AvgIpc) is 2.47. The normalized spacial score (nSPS) is 11.2. The minimum Gasteiger partial charge on any atom is -0.478 e. The monoisotopic (exact) mass is 283 g/mol. The molecule has 0 saturated carbocycles. The third-order valence-corrected chi connectivity index (χ3v) is 3.07. The Morgan fingerprint density at radius 2 is 1.57 bits per heavy atom. The lowest BCUT2D eigenvalue weighted by molar-refractivity contribution is -0.384. The van der Waals surface area contributed by atoms with E-state index in [1.165, 1.54) is 12.1 Å². The lowest BCUT2D eigenvalue weighted by atomic mass is 10.0. The number of non-ortho nitro benzene ring substituents is 1. The average molecular weight is 283 g/mol. The van der Waals surface area contributed by atoms with Gasteiger partial charge in [0.15, 0.2) is 0 Å². The van der Waals surface area contributed by atoms with E-state index in [1.54, 1.807) is 36.4 Å². The molecule has 0 aliphatic rings. The number of benzene rings is 2. The zero-order valence-electron chi connectivity index (χ0n) is 11.3.